The number of aromatic nitrogens is 2. The zero-order chi connectivity index (χ0) is 29.6. The van der Waals surface area contributed by atoms with Gasteiger partial charge in [0.05, 0.1) is 28.0 Å². The molecule has 0 aliphatic heterocycles. The van der Waals surface area contributed by atoms with E-state index in [2.05, 4.69) is 4.98 Å². The van der Waals surface area contributed by atoms with Crippen LogP contribution in [0.5, 0.6) is 0 Å². The molecule has 6 nitrogen and oxygen atoms in total. The van der Waals surface area contributed by atoms with Gasteiger partial charge in [-0.2, -0.15) is 36.3 Å². The van der Waals surface area contributed by atoms with Crippen molar-refractivity contribution in [2.24, 2.45) is 0 Å². The summed E-state index contributed by atoms with van der Waals surface area (Å²) in [6.07, 6.45) is -8.39. The van der Waals surface area contributed by atoms with E-state index >= 15 is 0 Å². The molecule has 0 bridgehead atoms. The van der Waals surface area contributed by atoms with Gasteiger partial charge in [-0.15, -0.1) is 0 Å². The van der Waals surface area contributed by atoms with Gasteiger partial charge in [0.2, 0.25) is 10.0 Å². The van der Waals surface area contributed by atoms with Crippen molar-refractivity contribution < 1.29 is 39.2 Å². The first-order chi connectivity index (χ1) is 18.6. The van der Waals surface area contributed by atoms with Gasteiger partial charge in [-0.1, -0.05) is 6.92 Å². The van der Waals surface area contributed by atoms with Gasteiger partial charge in [0.15, 0.2) is 0 Å². The van der Waals surface area contributed by atoms with Gasteiger partial charge in [0.1, 0.15) is 22.8 Å². The summed E-state index contributed by atoms with van der Waals surface area (Å²) in [6, 6.07) is 8.23. The van der Waals surface area contributed by atoms with Crippen LogP contribution in [0.1, 0.15) is 30.5 Å². The molecule has 0 amide bonds. The van der Waals surface area contributed by atoms with Crippen molar-refractivity contribution in [2.45, 2.75) is 43.6 Å². The van der Waals surface area contributed by atoms with Crippen LogP contribution in [-0.4, -0.2) is 30.2 Å². The SMILES string of the molecule is CCc1cc2c(cc1F)c(C#N)c(-c1ccc(S(=O)(=O)NC(C)C(F)(F)F)cn1)n2-c1ccc(C(F)(F)F)cc1. The van der Waals surface area contributed by atoms with Crippen LogP contribution in [0.3, 0.4) is 0 Å². The topological polar surface area (TPSA) is 87.8 Å². The molecular formula is C26H19F7N4O2S. The number of hydrogen-bond acceptors (Lipinski definition) is 4. The van der Waals surface area contributed by atoms with Gasteiger partial charge in [0.25, 0.3) is 0 Å². The average Bonchev–Trinajstić information content (AvgIpc) is 3.19. The first-order valence-electron chi connectivity index (χ1n) is 11.6. The highest BCUT2D eigenvalue weighted by molar-refractivity contribution is 7.89. The number of aryl methyl sites for hydroxylation is 1. The Balaban J connectivity index is 1.93. The van der Waals surface area contributed by atoms with E-state index in [4.69, 9.17) is 0 Å². The highest BCUT2D eigenvalue weighted by Crippen LogP contribution is 2.38. The number of nitrogens with zero attached hydrogens (tertiary/aromatic N) is 3. The van der Waals surface area contributed by atoms with Crippen LogP contribution < -0.4 is 4.72 Å². The number of nitrogens with one attached hydrogen (secondary N) is 1. The molecule has 210 valence electrons. The Morgan fingerprint density at radius 2 is 1.70 bits per heavy atom. The number of pyridine rings is 1. The van der Waals surface area contributed by atoms with E-state index in [9.17, 15) is 44.4 Å². The lowest BCUT2D eigenvalue weighted by Crippen LogP contribution is -2.42. The number of benzene rings is 2. The minimum Gasteiger partial charge on any atom is -0.307 e. The van der Waals surface area contributed by atoms with Crippen molar-refractivity contribution in [1.82, 2.24) is 14.3 Å². The van der Waals surface area contributed by atoms with Gasteiger partial charge in [-0.05, 0) is 67.4 Å². The number of rotatable bonds is 6. The Morgan fingerprint density at radius 1 is 1.05 bits per heavy atom. The maximum Gasteiger partial charge on any atom is 0.416 e. The number of nitriles is 1. The number of fused-ring (bicyclic) bond motifs is 1. The third kappa shape index (κ3) is 5.39. The largest absolute Gasteiger partial charge is 0.416 e. The van der Waals surface area contributed by atoms with Gasteiger partial charge in [0, 0.05) is 17.3 Å². The second-order valence-electron chi connectivity index (χ2n) is 8.79. The summed E-state index contributed by atoms with van der Waals surface area (Å²) in [5, 5.41) is 10.1. The molecule has 14 heteroatoms. The molecule has 4 aromatic rings. The van der Waals surface area contributed by atoms with Crippen LogP contribution in [0.25, 0.3) is 28.0 Å². The van der Waals surface area contributed by atoms with E-state index in [1.54, 1.807) is 6.92 Å². The van der Waals surface area contributed by atoms with Crippen molar-refractivity contribution in [2.75, 3.05) is 0 Å². The predicted molar refractivity (Wildman–Crippen MR) is 131 cm³/mol. The minimum absolute atomic E-state index is 0.0190. The molecule has 1 unspecified atom stereocenters. The number of halogens is 7. The first kappa shape index (κ1) is 29.0. The number of alkyl halides is 6. The molecule has 0 radical (unpaired) electrons. The lowest BCUT2D eigenvalue weighted by molar-refractivity contribution is -0.147. The smallest absolute Gasteiger partial charge is 0.307 e. The third-order valence-corrected chi connectivity index (χ3v) is 7.72. The van der Waals surface area contributed by atoms with Crippen LogP contribution in [-0.2, 0) is 22.6 Å². The maximum atomic E-state index is 14.7. The van der Waals surface area contributed by atoms with E-state index < -0.39 is 44.7 Å². The van der Waals surface area contributed by atoms with Crippen LogP contribution in [0, 0.1) is 17.1 Å². The average molecular weight is 585 g/mol. The quantitative estimate of drug-likeness (QED) is 0.262. The Morgan fingerprint density at radius 3 is 2.20 bits per heavy atom. The molecule has 0 saturated carbocycles. The summed E-state index contributed by atoms with van der Waals surface area (Å²) in [6.45, 7) is 2.32. The Hall–Kier alpha value is -3.96. The van der Waals surface area contributed by atoms with Crippen molar-refractivity contribution >= 4 is 20.9 Å². The molecule has 1 N–H and O–H groups in total. The minimum atomic E-state index is -4.84. The molecule has 0 aliphatic carbocycles. The van der Waals surface area contributed by atoms with Crippen LogP contribution in [0.2, 0.25) is 0 Å². The number of hydrogen-bond donors (Lipinski definition) is 1. The normalized spacial score (nSPS) is 13.4. The van der Waals surface area contributed by atoms with Crippen molar-refractivity contribution in [1.29, 1.82) is 5.26 Å². The lowest BCUT2D eigenvalue weighted by atomic mass is 10.1. The van der Waals surface area contributed by atoms with E-state index in [1.807, 2.05) is 6.07 Å². The summed E-state index contributed by atoms with van der Waals surface area (Å²) in [7, 11) is -4.64. The predicted octanol–water partition coefficient (Wildman–Crippen LogP) is 6.51. The Bertz CT molecular complexity index is 1720. The summed E-state index contributed by atoms with van der Waals surface area (Å²) >= 11 is 0. The molecule has 1 atom stereocenters. The van der Waals surface area contributed by atoms with E-state index in [0.29, 0.717) is 6.92 Å². The lowest BCUT2D eigenvalue weighted by Gasteiger charge is -2.17. The van der Waals surface area contributed by atoms with Gasteiger partial charge in [-0.3, -0.25) is 4.98 Å². The van der Waals surface area contributed by atoms with E-state index in [1.165, 1.54) is 15.4 Å². The molecule has 0 saturated heterocycles. The molecule has 2 aromatic carbocycles. The van der Waals surface area contributed by atoms with Crippen LogP contribution in [0.4, 0.5) is 30.7 Å². The Labute approximate surface area is 223 Å². The van der Waals surface area contributed by atoms with Gasteiger partial charge < -0.3 is 4.57 Å². The van der Waals surface area contributed by atoms with Gasteiger partial charge in [-0.25, -0.2) is 12.8 Å². The molecule has 0 spiro atoms. The van der Waals surface area contributed by atoms with Crippen molar-refractivity contribution in [3.8, 4) is 23.1 Å². The molecule has 2 heterocycles. The molecule has 40 heavy (non-hydrogen) atoms. The summed E-state index contributed by atoms with van der Waals surface area (Å²) in [5.74, 6) is -0.609. The fourth-order valence-electron chi connectivity index (χ4n) is 4.09. The van der Waals surface area contributed by atoms with Crippen LogP contribution >= 0.6 is 0 Å². The monoisotopic (exact) mass is 584 g/mol. The van der Waals surface area contributed by atoms with E-state index in [0.717, 1.165) is 48.7 Å². The van der Waals surface area contributed by atoms with Crippen molar-refractivity contribution in [3.63, 3.8) is 0 Å². The third-order valence-electron chi connectivity index (χ3n) is 6.19. The maximum absolute atomic E-state index is 14.7. The summed E-state index contributed by atoms with van der Waals surface area (Å²) < 4.78 is 121. The van der Waals surface area contributed by atoms with E-state index in [-0.39, 0.29) is 45.5 Å². The molecular weight excluding hydrogens is 565 g/mol. The fraction of sp³-hybridized carbons (Fsp3) is 0.231. The second-order valence-corrected chi connectivity index (χ2v) is 10.5. The van der Waals surface area contributed by atoms with Crippen molar-refractivity contribution in [3.05, 3.63) is 77.2 Å². The van der Waals surface area contributed by atoms with Gasteiger partial charge >= 0.3 is 12.4 Å². The zero-order valence-electron chi connectivity index (χ0n) is 20.7. The van der Waals surface area contributed by atoms with Crippen LogP contribution in [0.15, 0.2) is 59.6 Å². The Kier molecular flexibility index (Phi) is 7.42. The summed E-state index contributed by atoms with van der Waals surface area (Å²) in [5.41, 5.74) is -0.314. The summed E-state index contributed by atoms with van der Waals surface area (Å²) in [4.78, 5) is 3.46. The zero-order valence-corrected chi connectivity index (χ0v) is 21.5. The molecule has 0 aliphatic rings. The fourth-order valence-corrected chi connectivity index (χ4v) is 5.27. The first-order valence-corrected chi connectivity index (χ1v) is 13.1. The highest BCUT2D eigenvalue weighted by atomic mass is 32.2. The molecule has 4 rings (SSSR count). The standard InChI is InChI=1S/C26H19F7N4O2S/c1-3-15-10-23-19(11-21(15)27)20(12-34)24(37(23)17-6-4-16(5-7-17)26(31,32)33)22-9-8-18(13-35-22)40(38,39)36-14(2)25(28,29)30/h4-11,13-14,36H,3H2,1-2H3. The highest BCUT2D eigenvalue weighted by Gasteiger charge is 2.39. The molecule has 0 fully saturated rings. The number of sulfonamides is 1. The second kappa shape index (κ2) is 10.2. The molecule has 2 aromatic heterocycles.